The zero-order valence-corrected chi connectivity index (χ0v) is 16.3. The minimum Gasteiger partial charge on any atom is -0.497 e. The normalized spacial score (nSPS) is 11.3. The van der Waals surface area contributed by atoms with Gasteiger partial charge in [-0.1, -0.05) is 16.8 Å². The van der Waals surface area contributed by atoms with Crippen LogP contribution in [0.3, 0.4) is 0 Å². The number of benzene rings is 2. The summed E-state index contributed by atoms with van der Waals surface area (Å²) in [7, 11) is 3.31. The Morgan fingerprint density at radius 2 is 1.74 bits per heavy atom. The first-order valence-corrected chi connectivity index (χ1v) is 8.73. The first-order valence-electron chi connectivity index (χ1n) is 8.35. The van der Waals surface area contributed by atoms with E-state index in [2.05, 4.69) is 10.1 Å². The van der Waals surface area contributed by atoms with Crippen molar-refractivity contribution in [3.63, 3.8) is 0 Å². The summed E-state index contributed by atoms with van der Waals surface area (Å²) in [5.41, 5.74) is 0.534. The van der Waals surface area contributed by atoms with Crippen LogP contribution in [0, 0.1) is 0 Å². The lowest BCUT2D eigenvalue weighted by Crippen LogP contribution is -2.43. The minimum atomic E-state index is -0.797. The molecule has 0 aliphatic rings. The predicted molar refractivity (Wildman–Crippen MR) is 103 cm³/mol. The van der Waals surface area contributed by atoms with E-state index in [9.17, 15) is 4.79 Å². The average molecular weight is 386 g/mol. The standard InChI is InChI=1S/C20H20ClN3O3/c1-20(2,24(3)18(25)14-5-9-15(21)10-6-14)19-22-17(23-27-19)13-7-11-16(26-4)12-8-13/h5-12H,1-4H3. The molecule has 6 nitrogen and oxygen atoms in total. The molecule has 1 heterocycles. The van der Waals surface area contributed by atoms with E-state index < -0.39 is 5.54 Å². The van der Waals surface area contributed by atoms with Crippen LogP contribution in [0.2, 0.25) is 5.02 Å². The molecular weight excluding hydrogens is 366 g/mol. The maximum Gasteiger partial charge on any atom is 0.254 e. The summed E-state index contributed by atoms with van der Waals surface area (Å²) >= 11 is 5.90. The summed E-state index contributed by atoms with van der Waals surface area (Å²) in [5, 5.41) is 4.63. The highest BCUT2D eigenvalue weighted by molar-refractivity contribution is 6.30. The fourth-order valence-corrected chi connectivity index (χ4v) is 2.64. The topological polar surface area (TPSA) is 68.5 Å². The third-order valence-electron chi connectivity index (χ3n) is 4.53. The highest BCUT2D eigenvalue weighted by Gasteiger charge is 2.35. The Hall–Kier alpha value is -2.86. The van der Waals surface area contributed by atoms with Crippen LogP contribution >= 0.6 is 11.6 Å². The number of carbonyl (C=O) groups excluding carboxylic acids is 1. The lowest BCUT2D eigenvalue weighted by Gasteiger charge is -2.32. The molecule has 0 bridgehead atoms. The molecule has 140 valence electrons. The van der Waals surface area contributed by atoms with Crippen LogP contribution in [0.1, 0.15) is 30.1 Å². The van der Waals surface area contributed by atoms with Gasteiger partial charge < -0.3 is 14.2 Å². The zero-order chi connectivity index (χ0) is 19.6. The smallest absolute Gasteiger partial charge is 0.254 e. The van der Waals surface area contributed by atoms with Gasteiger partial charge in [-0.15, -0.1) is 0 Å². The number of hydrogen-bond donors (Lipinski definition) is 0. The van der Waals surface area contributed by atoms with E-state index in [4.69, 9.17) is 20.9 Å². The molecule has 0 aliphatic carbocycles. The van der Waals surface area contributed by atoms with E-state index in [1.54, 1.807) is 43.3 Å². The highest BCUT2D eigenvalue weighted by atomic mass is 35.5. The van der Waals surface area contributed by atoms with Crippen molar-refractivity contribution in [2.24, 2.45) is 0 Å². The summed E-state index contributed by atoms with van der Waals surface area (Å²) in [4.78, 5) is 18.9. The molecule has 1 amide bonds. The van der Waals surface area contributed by atoms with E-state index in [-0.39, 0.29) is 5.91 Å². The zero-order valence-electron chi connectivity index (χ0n) is 15.6. The molecule has 3 aromatic rings. The molecule has 2 aromatic carbocycles. The lowest BCUT2D eigenvalue weighted by atomic mass is 10.0. The van der Waals surface area contributed by atoms with Crippen molar-refractivity contribution in [3.05, 3.63) is 65.0 Å². The summed E-state index contributed by atoms with van der Waals surface area (Å²) in [6.07, 6.45) is 0. The van der Waals surface area contributed by atoms with Gasteiger partial charge in [-0.2, -0.15) is 4.98 Å². The molecule has 0 unspecified atom stereocenters. The third-order valence-corrected chi connectivity index (χ3v) is 4.78. The number of hydrogen-bond acceptors (Lipinski definition) is 5. The van der Waals surface area contributed by atoms with Crippen molar-refractivity contribution in [2.75, 3.05) is 14.2 Å². The van der Waals surface area contributed by atoms with Gasteiger partial charge in [0, 0.05) is 23.2 Å². The monoisotopic (exact) mass is 385 g/mol. The van der Waals surface area contributed by atoms with Gasteiger partial charge in [-0.05, 0) is 62.4 Å². The fraction of sp³-hybridized carbons (Fsp3) is 0.250. The molecule has 0 saturated carbocycles. The fourth-order valence-electron chi connectivity index (χ4n) is 2.51. The Kier molecular flexibility index (Phi) is 5.19. The number of amides is 1. The molecule has 0 radical (unpaired) electrons. The number of carbonyl (C=O) groups is 1. The molecule has 0 saturated heterocycles. The molecule has 7 heteroatoms. The van der Waals surface area contributed by atoms with E-state index in [0.29, 0.717) is 22.3 Å². The molecule has 0 N–H and O–H groups in total. The molecule has 3 rings (SSSR count). The summed E-state index contributed by atoms with van der Waals surface area (Å²) in [6, 6.07) is 14.1. The molecule has 0 atom stereocenters. The van der Waals surface area contributed by atoms with Crippen LogP contribution < -0.4 is 4.74 Å². The number of ether oxygens (including phenoxy) is 1. The first kappa shape index (κ1) is 18.9. The van der Waals surface area contributed by atoms with E-state index in [1.807, 2.05) is 38.1 Å². The number of nitrogens with zero attached hydrogens (tertiary/aromatic N) is 3. The minimum absolute atomic E-state index is 0.166. The maximum atomic E-state index is 12.8. The number of halogens is 1. The van der Waals surface area contributed by atoms with Gasteiger partial charge in [0.2, 0.25) is 5.82 Å². The summed E-state index contributed by atoms with van der Waals surface area (Å²) in [5.74, 6) is 1.38. The van der Waals surface area contributed by atoms with Crippen LogP contribution in [-0.4, -0.2) is 35.1 Å². The van der Waals surface area contributed by atoms with Crippen LogP contribution in [0.5, 0.6) is 5.75 Å². The Morgan fingerprint density at radius 1 is 1.11 bits per heavy atom. The van der Waals surface area contributed by atoms with E-state index in [1.165, 1.54) is 0 Å². The quantitative estimate of drug-likeness (QED) is 0.650. The van der Waals surface area contributed by atoms with Gasteiger partial charge in [0.1, 0.15) is 11.3 Å². The van der Waals surface area contributed by atoms with Gasteiger partial charge in [0.05, 0.1) is 7.11 Å². The van der Waals surface area contributed by atoms with Crippen molar-refractivity contribution >= 4 is 17.5 Å². The van der Waals surface area contributed by atoms with Crippen LogP contribution in [-0.2, 0) is 5.54 Å². The van der Waals surface area contributed by atoms with Gasteiger partial charge in [-0.25, -0.2) is 0 Å². The second-order valence-corrected chi connectivity index (χ2v) is 7.02. The molecular formula is C20H20ClN3O3. The number of aromatic nitrogens is 2. The van der Waals surface area contributed by atoms with E-state index >= 15 is 0 Å². The Labute approximate surface area is 162 Å². The predicted octanol–water partition coefficient (Wildman–Crippen LogP) is 4.41. The second-order valence-electron chi connectivity index (χ2n) is 6.58. The van der Waals surface area contributed by atoms with Gasteiger partial charge >= 0.3 is 0 Å². The SMILES string of the molecule is COc1ccc(-c2noc(C(C)(C)N(C)C(=O)c3ccc(Cl)cc3)n2)cc1. The van der Waals surface area contributed by atoms with Crippen LogP contribution in [0.25, 0.3) is 11.4 Å². The van der Waals surface area contributed by atoms with Crippen molar-refractivity contribution < 1.29 is 14.1 Å². The average Bonchev–Trinajstić information content (AvgIpc) is 3.18. The third kappa shape index (κ3) is 3.80. The molecule has 0 aliphatic heterocycles. The van der Waals surface area contributed by atoms with E-state index in [0.717, 1.165) is 11.3 Å². The van der Waals surface area contributed by atoms with Crippen molar-refractivity contribution in [3.8, 4) is 17.1 Å². The molecule has 0 spiro atoms. The Balaban J connectivity index is 1.84. The van der Waals surface area contributed by atoms with Gasteiger partial charge in [-0.3, -0.25) is 4.79 Å². The van der Waals surface area contributed by atoms with Crippen LogP contribution in [0.4, 0.5) is 0 Å². The summed E-state index contributed by atoms with van der Waals surface area (Å²) < 4.78 is 10.6. The second kappa shape index (κ2) is 7.40. The Morgan fingerprint density at radius 3 is 2.33 bits per heavy atom. The van der Waals surface area contributed by atoms with Crippen LogP contribution in [0.15, 0.2) is 53.1 Å². The van der Waals surface area contributed by atoms with Crippen molar-refractivity contribution in [2.45, 2.75) is 19.4 Å². The largest absolute Gasteiger partial charge is 0.497 e. The van der Waals surface area contributed by atoms with Crippen molar-refractivity contribution in [1.82, 2.24) is 15.0 Å². The summed E-state index contributed by atoms with van der Waals surface area (Å²) in [6.45, 7) is 3.71. The number of rotatable bonds is 5. The molecule has 1 aromatic heterocycles. The first-order chi connectivity index (χ1) is 12.8. The Bertz CT molecular complexity index is 934. The highest BCUT2D eigenvalue weighted by Crippen LogP contribution is 2.29. The van der Waals surface area contributed by atoms with Crippen molar-refractivity contribution in [1.29, 1.82) is 0 Å². The molecule has 0 fully saturated rings. The number of methoxy groups -OCH3 is 1. The lowest BCUT2D eigenvalue weighted by molar-refractivity contribution is 0.0552. The van der Waals surface area contributed by atoms with Gasteiger partial charge in [0.15, 0.2) is 0 Å². The van der Waals surface area contributed by atoms with Gasteiger partial charge in [0.25, 0.3) is 11.8 Å². The maximum absolute atomic E-state index is 12.8. The molecule has 27 heavy (non-hydrogen) atoms.